The molecule has 8 heteroatoms. The topological polar surface area (TPSA) is 67.7 Å². The second kappa shape index (κ2) is 9.58. The Labute approximate surface area is 202 Å². The Bertz CT molecular complexity index is 1410. The highest BCUT2D eigenvalue weighted by atomic mass is 19.1. The first-order valence-corrected chi connectivity index (χ1v) is 11.6. The van der Waals surface area contributed by atoms with Crippen molar-refractivity contribution in [2.45, 2.75) is 6.92 Å². The van der Waals surface area contributed by atoms with E-state index in [1.807, 2.05) is 6.92 Å². The Kier molecular flexibility index (Phi) is 6.18. The first-order valence-electron chi connectivity index (χ1n) is 11.6. The molecule has 35 heavy (non-hydrogen) atoms. The van der Waals surface area contributed by atoms with E-state index < -0.39 is 0 Å². The molecule has 1 aliphatic rings. The fourth-order valence-electron chi connectivity index (χ4n) is 4.34. The fourth-order valence-corrected chi connectivity index (χ4v) is 4.34. The summed E-state index contributed by atoms with van der Waals surface area (Å²) in [5.41, 5.74) is 1.43. The second-order valence-electron chi connectivity index (χ2n) is 8.29. The lowest BCUT2D eigenvalue weighted by molar-refractivity contribution is 0.0741. The summed E-state index contributed by atoms with van der Waals surface area (Å²) in [5.74, 6) is 0.197. The molecule has 1 aromatic heterocycles. The zero-order valence-electron chi connectivity index (χ0n) is 19.4. The van der Waals surface area contributed by atoms with Gasteiger partial charge in [-0.15, -0.1) is 0 Å². The normalized spacial score (nSPS) is 13.8. The van der Waals surface area contributed by atoms with Crippen molar-refractivity contribution in [2.24, 2.45) is 0 Å². The van der Waals surface area contributed by atoms with Gasteiger partial charge in [-0.2, -0.15) is 9.78 Å². The van der Waals surface area contributed by atoms with Crippen molar-refractivity contribution in [3.8, 4) is 11.4 Å². The maximum atomic E-state index is 13.6. The average Bonchev–Trinajstić information content (AvgIpc) is 2.90. The number of halogens is 1. The van der Waals surface area contributed by atoms with Gasteiger partial charge in [0.2, 0.25) is 0 Å². The molecular weight excluding hydrogens is 447 g/mol. The van der Waals surface area contributed by atoms with E-state index in [9.17, 15) is 14.0 Å². The highest BCUT2D eigenvalue weighted by Crippen LogP contribution is 2.21. The van der Waals surface area contributed by atoms with Gasteiger partial charge >= 0.3 is 0 Å². The minimum Gasteiger partial charge on any atom is -0.494 e. The van der Waals surface area contributed by atoms with Gasteiger partial charge in [0, 0.05) is 37.3 Å². The molecule has 5 rings (SSSR count). The van der Waals surface area contributed by atoms with Gasteiger partial charge in [0.15, 0.2) is 5.69 Å². The van der Waals surface area contributed by atoms with Crippen molar-refractivity contribution in [3.63, 3.8) is 0 Å². The highest BCUT2D eigenvalue weighted by Gasteiger charge is 2.26. The van der Waals surface area contributed by atoms with Crippen LogP contribution in [-0.2, 0) is 0 Å². The number of hydrogen-bond acceptors (Lipinski definition) is 5. The third kappa shape index (κ3) is 4.47. The first-order chi connectivity index (χ1) is 17.0. The number of nitrogens with zero attached hydrogens (tertiary/aromatic N) is 4. The molecule has 3 aromatic carbocycles. The summed E-state index contributed by atoms with van der Waals surface area (Å²) >= 11 is 0. The van der Waals surface area contributed by atoms with Crippen LogP contribution in [0.15, 0.2) is 77.6 Å². The quantitative estimate of drug-likeness (QED) is 0.441. The van der Waals surface area contributed by atoms with Gasteiger partial charge in [-0.05, 0) is 61.5 Å². The molecule has 7 nitrogen and oxygen atoms in total. The molecule has 0 saturated carbocycles. The smallest absolute Gasteiger partial charge is 0.279 e. The van der Waals surface area contributed by atoms with Crippen LogP contribution in [0.25, 0.3) is 16.5 Å². The number of piperazine rings is 1. The number of carbonyl (C=O) groups is 1. The molecule has 1 aliphatic heterocycles. The van der Waals surface area contributed by atoms with E-state index in [1.165, 1.54) is 16.8 Å². The number of amides is 1. The van der Waals surface area contributed by atoms with Crippen molar-refractivity contribution < 1.29 is 13.9 Å². The van der Waals surface area contributed by atoms with Crippen molar-refractivity contribution in [1.29, 1.82) is 0 Å². The van der Waals surface area contributed by atoms with Crippen molar-refractivity contribution in [2.75, 3.05) is 37.7 Å². The minimum absolute atomic E-state index is 0.223. The third-order valence-corrected chi connectivity index (χ3v) is 6.16. The Morgan fingerprint density at radius 3 is 2.17 bits per heavy atom. The molecule has 0 bridgehead atoms. The van der Waals surface area contributed by atoms with Gasteiger partial charge in [-0.1, -0.05) is 18.2 Å². The van der Waals surface area contributed by atoms with E-state index in [4.69, 9.17) is 4.74 Å². The van der Waals surface area contributed by atoms with E-state index >= 15 is 0 Å². The van der Waals surface area contributed by atoms with Gasteiger partial charge in [0.1, 0.15) is 11.6 Å². The number of benzene rings is 3. The van der Waals surface area contributed by atoms with Crippen molar-refractivity contribution >= 4 is 22.4 Å². The molecule has 0 aliphatic carbocycles. The van der Waals surface area contributed by atoms with E-state index in [1.54, 1.807) is 65.6 Å². The molecule has 0 N–H and O–H groups in total. The lowest BCUT2D eigenvalue weighted by atomic mass is 10.1. The van der Waals surface area contributed by atoms with Crippen LogP contribution in [0.5, 0.6) is 5.75 Å². The predicted octanol–water partition coefficient (Wildman–Crippen LogP) is 3.89. The number of anilines is 1. The Morgan fingerprint density at radius 2 is 1.51 bits per heavy atom. The monoisotopic (exact) mass is 472 g/mol. The van der Waals surface area contributed by atoms with Gasteiger partial charge in [-0.25, -0.2) is 4.39 Å². The number of carbonyl (C=O) groups excluding carboxylic acids is 1. The summed E-state index contributed by atoms with van der Waals surface area (Å²) in [6.07, 6.45) is 0. The molecule has 0 radical (unpaired) electrons. The molecule has 2 heterocycles. The molecule has 178 valence electrons. The van der Waals surface area contributed by atoms with Crippen LogP contribution in [-0.4, -0.2) is 53.4 Å². The standard InChI is InChI=1S/C27H25FN4O3/c1-2-35-22-13-11-21(12-14-22)32-26(33)24-6-4-3-5-23(24)25(29-32)27(34)31-17-15-30(16-18-31)20-9-7-19(28)8-10-20/h3-14H,2,15-18H2,1H3. The Balaban J connectivity index is 1.45. The predicted molar refractivity (Wildman–Crippen MR) is 133 cm³/mol. The van der Waals surface area contributed by atoms with Crippen LogP contribution in [0.2, 0.25) is 0 Å². The molecule has 4 aromatic rings. The minimum atomic E-state index is -0.289. The van der Waals surface area contributed by atoms with Crippen molar-refractivity contribution in [1.82, 2.24) is 14.7 Å². The largest absolute Gasteiger partial charge is 0.494 e. The van der Waals surface area contributed by atoms with Crippen LogP contribution in [0, 0.1) is 5.82 Å². The maximum absolute atomic E-state index is 13.6. The van der Waals surface area contributed by atoms with Crippen LogP contribution < -0.4 is 15.2 Å². The summed E-state index contributed by atoms with van der Waals surface area (Å²) in [6, 6.07) is 20.5. The highest BCUT2D eigenvalue weighted by molar-refractivity contribution is 6.05. The molecule has 1 fully saturated rings. The Morgan fingerprint density at radius 1 is 0.886 bits per heavy atom. The maximum Gasteiger partial charge on any atom is 0.279 e. The van der Waals surface area contributed by atoms with Crippen LogP contribution in [0.3, 0.4) is 0 Å². The fraction of sp³-hybridized carbons (Fsp3) is 0.222. The lowest BCUT2D eigenvalue weighted by Gasteiger charge is -2.36. The third-order valence-electron chi connectivity index (χ3n) is 6.16. The summed E-state index contributed by atoms with van der Waals surface area (Å²) < 4.78 is 20.0. The molecule has 0 unspecified atom stereocenters. The molecule has 1 saturated heterocycles. The number of ether oxygens (including phenoxy) is 1. The second-order valence-corrected chi connectivity index (χ2v) is 8.29. The lowest BCUT2D eigenvalue weighted by Crippen LogP contribution is -2.49. The van der Waals surface area contributed by atoms with Crippen LogP contribution in [0.4, 0.5) is 10.1 Å². The molecule has 1 amide bonds. The van der Waals surface area contributed by atoms with Gasteiger partial charge in [0.25, 0.3) is 11.5 Å². The summed E-state index contributed by atoms with van der Waals surface area (Å²) in [7, 11) is 0. The Hall–Kier alpha value is -4.20. The molecule has 0 spiro atoms. The summed E-state index contributed by atoms with van der Waals surface area (Å²) in [5, 5.41) is 5.49. The molecule has 0 atom stereocenters. The summed E-state index contributed by atoms with van der Waals surface area (Å²) in [4.78, 5) is 30.7. The van der Waals surface area contributed by atoms with E-state index in [-0.39, 0.29) is 23.0 Å². The number of hydrogen-bond donors (Lipinski definition) is 0. The van der Waals surface area contributed by atoms with Gasteiger partial charge < -0.3 is 14.5 Å². The number of fused-ring (bicyclic) bond motifs is 1. The zero-order valence-corrected chi connectivity index (χ0v) is 19.4. The molecular formula is C27H25FN4O3. The van der Waals surface area contributed by atoms with Crippen LogP contribution >= 0.6 is 0 Å². The van der Waals surface area contributed by atoms with E-state index in [2.05, 4.69) is 10.00 Å². The van der Waals surface area contributed by atoms with E-state index in [0.717, 1.165) is 5.69 Å². The van der Waals surface area contributed by atoms with Gasteiger partial charge in [0.05, 0.1) is 17.7 Å². The number of rotatable bonds is 5. The zero-order chi connectivity index (χ0) is 24.4. The average molecular weight is 473 g/mol. The number of aromatic nitrogens is 2. The van der Waals surface area contributed by atoms with Crippen molar-refractivity contribution in [3.05, 3.63) is 94.7 Å². The van der Waals surface area contributed by atoms with Crippen LogP contribution in [0.1, 0.15) is 17.4 Å². The van der Waals surface area contributed by atoms with Gasteiger partial charge in [-0.3, -0.25) is 9.59 Å². The SMILES string of the molecule is CCOc1ccc(-n2nc(C(=O)N3CCN(c4ccc(F)cc4)CC3)c3ccccc3c2=O)cc1. The first kappa shape index (κ1) is 22.6. The van der Waals surface area contributed by atoms with E-state index in [0.29, 0.717) is 55.0 Å². The summed E-state index contributed by atoms with van der Waals surface area (Å²) in [6.45, 7) is 4.67.